The predicted octanol–water partition coefficient (Wildman–Crippen LogP) is 1.71. The largest absolute Gasteiger partial charge is 0.313 e. The molecular weight excluding hydrogens is 176 g/mol. The highest BCUT2D eigenvalue weighted by molar-refractivity contribution is 5.15. The molecule has 1 aromatic rings. The molecule has 0 fully saturated rings. The van der Waals surface area contributed by atoms with Gasteiger partial charge < -0.3 is 9.88 Å². The smallest absolute Gasteiger partial charge is 0.251 e. The monoisotopic (exact) mass is 194 g/mol. The van der Waals surface area contributed by atoms with E-state index in [9.17, 15) is 4.79 Å². The Labute approximate surface area is 84.8 Å². The molecule has 1 rings (SSSR count). The van der Waals surface area contributed by atoms with E-state index in [1.165, 1.54) is 0 Å². The molecule has 1 N–H and O–H groups in total. The van der Waals surface area contributed by atoms with Gasteiger partial charge in [0.2, 0.25) is 0 Å². The van der Waals surface area contributed by atoms with Crippen LogP contribution >= 0.6 is 0 Å². The summed E-state index contributed by atoms with van der Waals surface area (Å²) in [6.45, 7) is 6.04. The number of nitrogens with one attached hydrogen (secondary N) is 1. The molecule has 78 valence electrons. The molecule has 0 spiro atoms. The molecule has 1 atom stereocenters. The van der Waals surface area contributed by atoms with Gasteiger partial charge in [-0.2, -0.15) is 0 Å². The van der Waals surface area contributed by atoms with E-state index in [0.29, 0.717) is 0 Å². The lowest BCUT2D eigenvalue weighted by Crippen LogP contribution is -2.23. The molecule has 1 unspecified atom stereocenters. The van der Waals surface area contributed by atoms with Gasteiger partial charge in [0.1, 0.15) is 0 Å². The van der Waals surface area contributed by atoms with Crippen molar-refractivity contribution in [3.8, 4) is 0 Å². The third-order valence-corrected chi connectivity index (χ3v) is 2.46. The van der Waals surface area contributed by atoms with Crippen molar-refractivity contribution in [3.63, 3.8) is 0 Å². The molecule has 3 heteroatoms. The Kier molecular flexibility index (Phi) is 3.47. The summed E-state index contributed by atoms with van der Waals surface area (Å²) in [4.78, 5) is 11.6. The topological polar surface area (TPSA) is 34.0 Å². The predicted molar refractivity (Wildman–Crippen MR) is 58.6 cm³/mol. The Balaban J connectivity index is 3.07. The first kappa shape index (κ1) is 11.0. The van der Waals surface area contributed by atoms with Crippen LogP contribution in [0.4, 0.5) is 0 Å². The highest BCUT2D eigenvalue weighted by Gasteiger charge is 2.05. The molecule has 0 aliphatic heterocycles. The lowest BCUT2D eigenvalue weighted by Gasteiger charge is -2.13. The van der Waals surface area contributed by atoms with E-state index in [1.807, 2.05) is 40.1 Å². The standard InChI is InChI=1S/C11H18N2O/c1-8(2)13-6-5-10(7-11(13)14)9(3)12-4/h5-9,12H,1-4H3. The second-order valence-corrected chi connectivity index (χ2v) is 3.81. The fourth-order valence-electron chi connectivity index (χ4n) is 1.37. The third kappa shape index (κ3) is 2.23. The normalized spacial score (nSPS) is 13.2. The molecule has 1 heterocycles. The maximum absolute atomic E-state index is 11.6. The van der Waals surface area contributed by atoms with Crippen LogP contribution in [0.2, 0.25) is 0 Å². The van der Waals surface area contributed by atoms with Gasteiger partial charge in [-0.15, -0.1) is 0 Å². The molecule has 0 amide bonds. The summed E-state index contributed by atoms with van der Waals surface area (Å²) in [5.41, 5.74) is 1.11. The Bertz CT molecular complexity index is 355. The van der Waals surface area contributed by atoms with Crippen molar-refractivity contribution in [1.82, 2.24) is 9.88 Å². The number of pyridine rings is 1. The van der Waals surface area contributed by atoms with Crippen molar-refractivity contribution in [2.24, 2.45) is 0 Å². The number of nitrogens with zero attached hydrogens (tertiary/aromatic N) is 1. The minimum absolute atomic E-state index is 0.0691. The van der Waals surface area contributed by atoms with Gasteiger partial charge in [0, 0.05) is 24.3 Å². The third-order valence-electron chi connectivity index (χ3n) is 2.46. The first-order chi connectivity index (χ1) is 6.56. The van der Waals surface area contributed by atoms with Gasteiger partial charge in [-0.1, -0.05) is 0 Å². The van der Waals surface area contributed by atoms with Gasteiger partial charge in [0.15, 0.2) is 0 Å². The van der Waals surface area contributed by atoms with Crippen molar-refractivity contribution >= 4 is 0 Å². The summed E-state index contributed by atoms with van der Waals surface area (Å²) in [7, 11) is 1.89. The number of rotatable bonds is 3. The van der Waals surface area contributed by atoms with Crippen molar-refractivity contribution in [3.05, 3.63) is 34.2 Å². The molecule has 0 bridgehead atoms. The molecule has 0 radical (unpaired) electrons. The molecule has 1 aromatic heterocycles. The molecule has 0 aliphatic carbocycles. The van der Waals surface area contributed by atoms with Crippen molar-refractivity contribution in [2.75, 3.05) is 7.05 Å². The number of hydrogen-bond acceptors (Lipinski definition) is 2. The molecular formula is C11H18N2O. The van der Waals surface area contributed by atoms with E-state index in [1.54, 1.807) is 10.6 Å². The first-order valence-electron chi connectivity index (χ1n) is 4.95. The van der Waals surface area contributed by atoms with Crippen molar-refractivity contribution in [2.45, 2.75) is 32.9 Å². The minimum Gasteiger partial charge on any atom is -0.313 e. The van der Waals surface area contributed by atoms with Crippen molar-refractivity contribution in [1.29, 1.82) is 0 Å². The maximum atomic E-state index is 11.6. The van der Waals surface area contributed by atoms with E-state index >= 15 is 0 Å². The van der Waals surface area contributed by atoms with Crippen LogP contribution in [0.15, 0.2) is 23.1 Å². The summed E-state index contributed by atoms with van der Waals surface area (Å²) >= 11 is 0. The van der Waals surface area contributed by atoms with E-state index in [4.69, 9.17) is 0 Å². The molecule has 0 saturated carbocycles. The summed E-state index contributed by atoms with van der Waals surface area (Å²) in [5.74, 6) is 0. The molecule has 0 saturated heterocycles. The minimum atomic E-state index is 0.0691. The van der Waals surface area contributed by atoms with Gasteiger partial charge >= 0.3 is 0 Å². The summed E-state index contributed by atoms with van der Waals surface area (Å²) in [6.07, 6.45) is 1.86. The Morgan fingerprint density at radius 3 is 2.43 bits per heavy atom. The van der Waals surface area contributed by atoms with E-state index < -0.39 is 0 Å². The van der Waals surface area contributed by atoms with Crippen LogP contribution in [0.1, 0.15) is 38.4 Å². The quantitative estimate of drug-likeness (QED) is 0.794. The second kappa shape index (κ2) is 4.42. The van der Waals surface area contributed by atoms with Crippen LogP contribution in [0.25, 0.3) is 0 Å². The van der Waals surface area contributed by atoms with E-state index in [2.05, 4.69) is 5.32 Å². The zero-order valence-corrected chi connectivity index (χ0v) is 9.24. The van der Waals surface area contributed by atoms with E-state index in [0.717, 1.165) is 5.56 Å². The summed E-state index contributed by atoms with van der Waals surface area (Å²) in [5, 5.41) is 3.11. The Morgan fingerprint density at radius 1 is 1.36 bits per heavy atom. The van der Waals surface area contributed by atoms with Gasteiger partial charge in [0.05, 0.1) is 0 Å². The van der Waals surface area contributed by atoms with Crippen molar-refractivity contribution < 1.29 is 0 Å². The zero-order chi connectivity index (χ0) is 10.7. The summed E-state index contributed by atoms with van der Waals surface area (Å²) in [6, 6.07) is 4.13. The van der Waals surface area contributed by atoms with Crippen LogP contribution in [0, 0.1) is 0 Å². The van der Waals surface area contributed by atoms with Crippen LogP contribution in [-0.4, -0.2) is 11.6 Å². The highest BCUT2D eigenvalue weighted by atomic mass is 16.1. The van der Waals surface area contributed by atoms with Crippen LogP contribution in [-0.2, 0) is 0 Å². The average Bonchev–Trinajstić information content (AvgIpc) is 2.15. The fraction of sp³-hybridized carbons (Fsp3) is 0.545. The summed E-state index contributed by atoms with van der Waals surface area (Å²) < 4.78 is 1.73. The fourth-order valence-corrected chi connectivity index (χ4v) is 1.37. The van der Waals surface area contributed by atoms with Crippen LogP contribution in [0.5, 0.6) is 0 Å². The lowest BCUT2D eigenvalue weighted by atomic mass is 10.1. The lowest BCUT2D eigenvalue weighted by molar-refractivity contribution is 0.570. The van der Waals surface area contributed by atoms with Gasteiger partial charge in [-0.25, -0.2) is 0 Å². The second-order valence-electron chi connectivity index (χ2n) is 3.81. The molecule has 3 nitrogen and oxygen atoms in total. The maximum Gasteiger partial charge on any atom is 0.251 e. The number of aromatic nitrogens is 1. The van der Waals surface area contributed by atoms with E-state index in [-0.39, 0.29) is 17.6 Å². The highest BCUT2D eigenvalue weighted by Crippen LogP contribution is 2.09. The van der Waals surface area contributed by atoms with Crippen LogP contribution in [0.3, 0.4) is 0 Å². The molecule has 14 heavy (non-hydrogen) atoms. The molecule has 0 aliphatic rings. The zero-order valence-electron chi connectivity index (χ0n) is 9.24. The Morgan fingerprint density at radius 2 is 2.00 bits per heavy atom. The Hall–Kier alpha value is -1.09. The SMILES string of the molecule is CNC(C)c1ccn(C(C)C)c(=O)c1. The molecule has 0 aromatic carbocycles. The number of hydrogen-bond donors (Lipinski definition) is 1. The van der Waals surface area contributed by atoms with Gasteiger partial charge in [-0.05, 0) is 39.4 Å². The van der Waals surface area contributed by atoms with Gasteiger partial charge in [0.25, 0.3) is 5.56 Å². The van der Waals surface area contributed by atoms with Gasteiger partial charge in [-0.3, -0.25) is 4.79 Å². The van der Waals surface area contributed by atoms with Crippen LogP contribution < -0.4 is 10.9 Å². The average molecular weight is 194 g/mol. The first-order valence-corrected chi connectivity index (χ1v) is 4.95.